The first-order valence-corrected chi connectivity index (χ1v) is 6.24. The zero-order valence-electron chi connectivity index (χ0n) is 12.5. The number of aliphatic carboxylic acids is 1. The highest BCUT2D eigenvalue weighted by Crippen LogP contribution is 2.05. The fourth-order valence-corrected chi connectivity index (χ4v) is 1.38. The van der Waals surface area contributed by atoms with Crippen molar-refractivity contribution in [3.05, 3.63) is 11.1 Å². The number of hydrogen-bond donors (Lipinski definition) is 2. The van der Waals surface area contributed by atoms with Gasteiger partial charge < -0.3 is 14.7 Å². The Morgan fingerprint density at radius 1 is 1.20 bits per heavy atom. The molecule has 3 amide bonds. The Morgan fingerprint density at radius 2 is 1.75 bits per heavy atom. The highest BCUT2D eigenvalue weighted by atomic mass is 16.5. The quantitative estimate of drug-likeness (QED) is 0.710. The third kappa shape index (κ3) is 5.40. The number of carbonyl (C=O) groups excluding carboxylic acids is 2. The lowest BCUT2D eigenvalue weighted by Gasteiger charge is -2.26. The maximum atomic E-state index is 12.0. The van der Waals surface area contributed by atoms with E-state index in [-0.39, 0.29) is 17.2 Å². The molecule has 7 nitrogen and oxygen atoms in total. The van der Waals surface area contributed by atoms with E-state index >= 15 is 0 Å². The zero-order valence-corrected chi connectivity index (χ0v) is 12.5. The number of nitrogens with zero attached hydrogens (tertiary/aromatic N) is 1. The number of hydrogen-bond acceptors (Lipinski definition) is 4. The Bertz CT molecular complexity index is 415. The van der Waals surface area contributed by atoms with Gasteiger partial charge in [-0.05, 0) is 27.7 Å². The fraction of sp³-hybridized carbons (Fsp3) is 0.615. The van der Waals surface area contributed by atoms with Crippen molar-refractivity contribution < 1.29 is 24.2 Å². The molecule has 0 heterocycles. The molecule has 0 spiro atoms. The Balaban J connectivity index is 4.84. The van der Waals surface area contributed by atoms with Crippen LogP contribution in [0, 0.1) is 0 Å². The van der Waals surface area contributed by atoms with E-state index < -0.39 is 17.9 Å². The van der Waals surface area contributed by atoms with Gasteiger partial charge in [-0.15, -0.1) is 0 Å². The zero-order chi connectivity index (χ0) is 15.9. The van der Waals surface area contributed by atoms with Gasteiger partial charge in [0.1, 0.15) is 0 Å². The molecule has 7 heteroatoms. The lowest BCUT2D eigenvalue weighted by molar-refractivity contribution is -0.133. The van der Waals surface area contributed by atoms with Crippen LogP contribution < -0.4 is 5.32 Å². The highest BCUT2D eigenvalue weighted by Gasteiger charge is 2.21. The van der Waals surface area contributed by atoms with E-state index in [1.165, 1.54) is 25.9 Å². The molecule has 0 aliphatic carbocycles. The number of nitrogens with one attached hydrogen (secondary N) is 1. The molecule has 0 radical (unpaired) electrons. The second kappa shape index (κ2) is 8.31. The third-order valence-corrected chi connectivity index (χ3v) is 2.86. The van der Waals surface area contributed by atoms with Crippen LogP contribution in [0.15, 0.2) is 11.1 Å². The minimum absolute atomic E-state index is 0.00120. The molecule has 2 N–H and O–H groups in total. The van der Waals surface area contributed by atoms with Gasteiger partial charge in [0.05, 0.1) is 6.61 Å². The van der Waals surface area contributed by atoms with Crippen molar-refractivity contribution in [1.29, 1.82) is 0 Å². The maximum absolute atomic E-state index is 12.0. The number of imide groups is 1. The molecule has 0 aromatic rings. The van der Waals surface area contributed by atoms with E-state index in [0.29, 0.717) is 13.2 Å². The van der Waals surface area contributed by atoms with Crippen molar-refractivity contribution in [2.24, 2.45) is 0 Å². The van der Waals surface area contributed by atoms with Crippen molar-refractivity contribution in [3.8, 4) is 0 Å². The molecule has 0 saturated heterocycles. The summed E-state index contributed by atoms with van der Waals surface area (Å²) in [5, 5.41) is 11.0. The number of methoxy groups -OCH3 is 1. The third-order valence-electron chi connectivity index (χ3n) is 2.86. The molecule has 0 rings (SSSR count). The van der Waals surface area contributed by atoms with Gasteiger partial charge >= 0.3 is 12.0 Å². The average Bonchev–Trinajstić information content (AvgIpc) is 2.36. The van der Waals surface area contributed by atoms with Gasteiger partial charge in [0.2, 0.25) is 0 Å². The van der Waals surface area contributed by atoms with Gasteiger partial charge in [-0.25, -0.2) is 9.59 Å². The highest BCUT2D eigenvalue weighted by molar-refractivity contribution is 6.07. The summed E-state index contributed by atoms with van der Waals surface area (Å²) >= 11 is 0. The van der Waals surface area contributed by atoms with Crippen LogP contribution in [0.5, 0.6) is 0 Å². The summed E-state index contributed by atoms with van der Waals surface area (Å²) in [7, 11) is 1.52. The van der Waals surface area contributed by atoms with Crippen molar-refractivity contribution >= 4 is 17.9 Å². The average molecular weight is 286 g/mol. The standard InChI is InChI=1S/C13H22N2O5/c1-8(2)15(6-7-20-5)13(19)14-11(16)9(3)10(4)12(17)18/h8H,6-7H2,1-5H3,(H,17,18)(H,14,16,19). The molecule has 0 unspecified atom stereocenters. The second-order valence-electron chi connectivity index (χ2n) is 4.59. The number of ether oxygens (including phenoxy) is 1. The molecule has 0 aromatic carbocycles. The number of carboxylic acid groups (broad SMARTS) is 1. The fourth-order valence-electron chi connectivity index (χ4n) is 1.38. The molecular weight excluding hydrogens is 264 g/mol. The van der Waals surface area contributed by atoms with Crippen LogP contribution in [0.2, 0.25) is 0 Å². The second-order valence-corrected chi connectivity index (χ2v) is 4.59. The van der Waals surface area contributed by atoms with Gasteiger partial charge in [0, 0.05) is 30.8 Å². The molecular formula is C13H22N2O5. The van der Waals surface area contributed by atoms with Crippen LogP contribution in [0.4, 0.5) is 4.79 Å². The molecule has 114 valence electrons. The smallest absolute Gasteiger partial charge is 0.331 e. The van der Waals surface area contributed by atoms with Crippen LogP contribution in [-0.2, 0) is 14.3 Å². The summed E-state index contributed by atoms with van der Waals surface area (Å²) in [5.41, 5.74) is -0.0930. The normalized spacial score (nSPS) is 11.9. The van der Waals surface area contributed by atoms with Crippen molar-refractivity contribution in [2.45, 2.75) is 33.7 Å². The van der Waals surface area contributed by atoms with E-state index in [1.807, 2.05) is 13.8 Å². The predicted octanol–water partition coefficient (Wildman–Crippen LogP) is 1.00. The van der Waals surface area contributed by atoms with Gasteiger partial charge in [-0.3, -0.25) is 10.1 Å². The van der Waals surface area contributed by atoms with E-state index in [1.54, 1.807) is 0 Å². The first kappa shape index (κ1) is 18.1. The van der Waals surface area contributed by atoms with Crippen LogP contribution in [0.1, 0.15) is 27.7 Å². The van der Waals surface area contributed by atoms with Gasteiger partial charge in [0.25, 0.3) is 5.91 Å². The van der Waals surface area contributed by atoms with Crippen molar-refractivity contribution in [2.75, 3.05) is 20.3 Å². The summed E-state index contributed by atoms with van der Waals surface area (Å²) in [4.78, 5) is 36.0. The number of rotatable bonds is 6. The van der Waals surface area contributed by atoms with E-state index in [9.17, 15) is 14.4 Å². The Labute approximate surface area is 118 Å². The molecule has 0 aliphatic heterocycles. The lowest BCUT2D eigenvalue weighted by Crippen LogP contribution is -2.47. The van der Waals surface area contributed by atoms with Gasteiger partial charge in [-0.2, -0.15) is 0 Å². The summed E-state index contributed by atoms with van der Waals surface area (Å²) in [6.45, 7) is 6.99. The number of carboxylic acids is 1. The first-order valence-electron chi connectivity index (χ1n) is 6.24. The molecule has 0 bridgehead atoms. The van der Waals surface area contributed by atoms with Crippen molar-refractivity contribution in [3.63, 3.8) is 0 Å². The lowest BCUT2D eigenvalue weighted by atomic mass is 10.1. The Kier molecular flexibility index (Phi) is 7.53. The minimum atomic E-state index is -1.19. The summed E-state index contributed by atoms with van der Waals surface area (Å²) in [6.07, 6.45) is 0. The molecule has 20 heavy (non-hydrogen) atoms. The Morgan fingerprint density at radius 3 is 2.15 bits per heavy atom. The van der Waals surface area contributed by atoms with Crippen LogP contribution >= 0.6 is 0 Å². The van der Waals surface area contributed by atoms with Gasteiger partial charge in [0.15, 0.2) is 0 Å². The SMILES string of the molecule is COCCN(C(=O)NC(=O)C(C)=C(C)C(=O)O)C(C)C. The molecule has 0 aromatic heterocycles. The number of carbonyl (C=O) groups is 3. The van der Waals surface area contributed by atoms with Gasteiger partial charge in [-0.1, -0.05) is 0 Å². The first-order chi connectivity index (χ1) is 9.22. The topological polar surface area (TPSA) is 95.9 Å². The maximum Gasteiger partial charge on any atom is 0.331 e. The monoisotopic (exact) mass is 286 g/mol. The summed E-state index contributed by atoms with van der Waals surface area (Å²) in [6, 6.07) is -0.678. The van der Waals surface area contributed by atoms with Crippen molar-refractivity contribution in [1.82, 2.24) is 10.2 Å². The van der Waals surface area contributed by atoms with Crippen LogP contribution in [0.3, 0.4) is 0 Å². The summed E-state index contributed by atoms with van der Waals surface area (Å²) < 4.78 is 4.90. The van der Waals surface area contributed by atoms with E-state index in [0.717, 1.165) is 0 Å². The molecule has 0 atom stereocenters. The number of amides is 3. The summed E-state index contributed by atoms with van der Waals surface area (Å²) in [5.74, 6) is -1.90. The molecule has 0 fully saturated rings. The minimum Gasteiger partial charge on any atom is -0.478 e. The van der Waals surface area contributed by atoms with Crippen LogP contribution in [-0.4, -0.2) is 54.2 Å². The Hall–Kier alpha value is -1.89. The predicted molar refractivity (Wildman–Crippen MR) is 73.3 cm³/mol. The molecule has 0 aliphatic rings. The van der Waals surface area contributed by atoms with E-state index in [2.05, 4.69) is 5.32 Å². The van der Waals surface area contributed by atoms with E-state index in [4.69, 9.17) is 9.84 Å². The molecule has 0 saturated carbocycles. The number of urea groups is 1. The van der Waals surface area contributed by atoms with Crippen LogP contribution in [0.25, 0.3) is 0 Å². The largest absolute Gasteiger partial charge is 0.478 e.